The van der Waals surface area contributed by atoms with Crippen LogP contribution in [0.4, 0.5) is 9.18 Å². The molecule has 8 heteroatoms. The summed E-state index contributed by atoms with van der Waals surface area (Å²) < 4.78 is 15.3. The number of nitrogens with two attached hydrogens (primary N) is 1. The lowest BCUT2D eigenvalue weighted by atomic mass is 9.50. The van der Waals surface area contributed by atoms with Crippen molar-refractivity contribution < 1.29 is 14.0 Å². The molecule has 7 nitrogen and oxygen atoms in total. The van der Waals surface area contributed by atoms with Crippen molar-refractivity contribution in [3.05, 3.63) is 41.3 Å². The zero-order valence-corrected chi connectivity index (χ0v) is 14.7. The molecule has 3 saturated carbocycles. The normalized spacial score (nSPS) is 25.2. The van der Waals surface area contributed by atoms with Gasteiger partial charge in [-0.05, 0) is 37.3 Å². The van der Waals surface area contributed by atoms with Crippen LogP contribution in [0.1, 0.15) is 35.3 Å². The summed E-state index contributed by atoms with van der Waals surface area (Å²) in [6, 6.07) is 5.81. The highest BCUT2D eigenvalue weighted by Crippen LogP contribution is 2.57. The number of nitrogens with one attached hydrogen (secondary N) is 1. The predicted molar refractivity (Wildman–Crippen MR) is 95.2 cm³/mol. The van der Waals surface area contributed by atoms with E-state index in [1.165, 1.54) is 12.1 Å². The number of rotatable bonds is 3. The Balaban J connectivity index is 1.45. The maximum atomic E-state index is 13.6. The van der Waals surface area contributed by atoms with Gasteiger partial charge in [-0.3, -0.25) is 9.48 Å². The van der Waals surface area contributed by atoms with Crippen LogP contribution in [-0.4, -0.2) is 38.7 Å². The number of nitrogens with zero attached hydrogens (tertiary/aromatic N) is 3. The number of fused-ring (bicyclic) bond motifs is 1. The summed E-state index contributed by atoms with van der Waals surface area (Å²) in [5.41, 5.74) is 7.32. The fourth-order valence-electron chi connectivity index (χ4n) is 4.53. The summed E-state index contributed by atoms with van der Waals surface area (Å²) in [4.78, 5) is 26.5. The lowest BCUT2D eigenvalue weighted by Gasteiger charge is -2.62. The zero-order valence-electron chi connectivity index (χ0n) is 14.7. The summed E-state index contributed by atoms with van der Waals surface area (Å²) in [6.45, 7) is 1.22. The Morgan fingerprint density at radius 2 is 2.04 bits per heavy atom. The summed E-state index contributed by atoms with van der Waals surface area (Å²) in [6.07, 6.45) is 3.21. The second-order valence-corrected chi connectivity index (χ2v) is 7.88. The number of hydrogen-bond donors (Lipinski definition) is 2. The lowest BCUT2D eigenvalue weighted by Crippen LogP contribution is -2.69. The molecule has 1 aromatic carbocycles. The minimum Gasteiger partial charge on any atom is -0.365 e. The Labute approximate surface area is 155 Å². The molecule has 1 aliphatic heterocycles. The smallest absolute Gasteiger partial charge is 0.318 e. The molecule has 0 atom stereocenters. The molecule has 6 rings (SSSR count). The van der Waals surface area contributed by atoms with E-state index in [1.807, 2.05) is 0 Å². The molecular formula is C19H20FN5O2. The van der Waals surface area contributed by atoms with Gasteiger partial charge in [0.1, 0.15) is 11.5 Å². The third-order valence-corrected chi connectivity index (χ3v) is 6.02. The van der Waals surface area contributed by atoms with Crippen LogP contribution in [0.5, 0.6) is 0 Å². The molecule has 0 unspecified atom stereocenters. The maximum Gasteiger partial charge on any atom is 0.318 e. The van der Waals surface area contributed by atoms with Crippen molar-refractivity contribution in [3.63, 3.8) is 0 Å². The minimum absolute atomic E-state index is 0.00131. The molecule has 3 aliphatic carbocycles. The largest absolute Gasteiger partial charge is 0.365 e. The Bertz CT molecular complexity index is 952. The van der Waals surface area contributed by atoms with Gasteiger partial charge >= 0.3 is 6.03 Å². The quantitative estimate of drug-likeness (QED) is 0.865. The standard InChI is InChI=1S/C19H20FN5O2/c20-13-3-1-2-12(6-13)16-15(17(21)26)14-10-24(4-5-25(14)23-16)18(27)22-19-7-11(8-19)9-19/h1-3,6,11H,4-5,7-10H2,(H2,21,26)(H,22,27). The molecule has 3 amide bonds. The van der Waals surface area contributed by atoms with Crippen LogP contribution in [0.3, 0.4) is 0 Å². The third kappa shape index (κ3) is 2.50. The van der Waals surface area contributed by atoms with Gasteiger partial charge in [0.15, 0.2) is 0 Å². The molecule has 140 valence electrons. The fraction of sp³-hybridized carbons (Fsp3) is 0.421. The number of urea groups is 1. The lowest BCUT2D eigenvalue weighted by molar-refractivity contribution is -0.0438. The van der Waals surface area contributed by atoms with E-state index in [2.05, 4.69) is 10.4 Å². The maximum absolute atomic E-state index is 13.6. The highest BCUT2D eigenvalue weighted by molar-refractivity contribution is 6.00. The molecule has 3 N–H and O–H groups in total. The SMILES string of the molecule is NC(=O)c1c(-c2cccc(F)c2)nn2c1CN(C(=O)NC13CC(C1)C3)CC2. The molecule has 2 bridgehead atoms. The van der Waals surface area contributed by atoms with Crippen molar-refractivity contribution in [1.82, 2.24) is 20.0 Å². The number of benzene rings is 1. The van der Waals surface area contributed by atoms with Crippen LogP contribution >= 0.6 is 0 Å². The van der Waals surface area contributed by atoms with Crippen LogP contribution in [0, 0.1) is 11.7 Å². The van der Waals surface area contributed by atoms with Crippen molar-refractivity contribution >= 4 is 11.9 Å². The van der Waals surface area contributed by atoms with Gasteiger partial charge in [-0.25, -0.2) is 9.18 Å². The van der Waals surface area contributed by atoms with Gasteiger partial charge < -0.3 is 16.0 Å². The van der Waals surface area contributed by atoms with Crippen LogP contribution in [-0.2, 0) is 13.1 Å². The Morgan fingerprint density at radius 3 is 2.67 bits per heavy atom. The first-order chi connectivity index (χ1) is 12.9. The Morgan fingerprint density at radius 1 is 1.26 bits per heavy atom. The second kappa shape index (κ2) is 5.55. The van der Waals surface area contributed by atoms with Crippen molar-refractivity contribution in [3.8, 4) is 11.3 Å². The molecule has 0 radical (unpaired) electrons. The summed E-state index contributed by atoms with van der Waals surface area (Å²) in [5, 5.41) is 7.62. The predicted octanol–water partition coefficient (Wildman–Crippen LogP) is 1.87. The Hall–Kier alpha value is -2.90. The average Bonchev–Trinajstić information content (AvgIpc) is 2.95. The van der Waals surface area contributed by atoms with E-state index in [0.29, 0.717) is 30.0 Å². The van der Waals surface area contributed by atoms with E-state index < -0.39 is 11.7 Å². The summed E-state index contributed by atoms with van der Waals surface area (Å²) in [5.74, 6) is -0.256. The monoisotopic (exact) mass is 369 g/mol. The van der Waals surface area contributed by atoms with Gasteiger partial charge in [-0.2, -0.15) is 5.10 Å². The Kier molecular flexibility index (Phi) is 3.35. The minimum atomic E-state index is -0.628. The van der Waals surface area contributed by atoms with Gasteiger partial charge in [0.25, 0.3) is 5.91 Å². The van der Waals surface area contributed by atoms with Crippen molar-refractivity contribution in [1.29, 1.82) is 0 Å². The molecule has 1 aromatic heterocycles. The number of amides is 3. The number of carbonyl (C=O) groups excluding carboxylic acids is 2. The van der Waals surface area contributed by atoms with Gasteiger partial charge in [0.05, 0.1) is 24.3 Å². The van der Waals surface area contributed by atoms with Crippen LogP contribution in [0.2, 0.25) is 0 Å². The highest BCUT2D eigenvalue weighted by atomic mass is 19.1. The van der Waals surface area contributed by atoms with Gasteiger partial charge in [0.2, 0.25) is 0 Å². The van der Waals surface area contributed by atoms with E-state index >= 15 is 0 Å². The first-order valence-corrected chi connectivity index (χ1v) is 9.17. The van der Waals surface area contributed by atoms with Gasteiger partial charge in [-0.15, -0.1) is 0 Å². The van der Waals surface area contributed by atoms with Crippen molar-refractivity contribution in [2.45, 2.75) is 37.9 Å². The van der Waals surface area contributed by atoms with Gasteiger partial charge in [-0.1, -0.05) is 12.1 Å². The van der Waals surface area contributed by atoms with E-state index in [4.69, 9.17) is 5.73 Å². The highest BCUT2D eigenvalue weighted by Gasteiger charge is 2.57. The van der Waals surface area contributed by atoms with E-state index in [1.54, 1.807) is 21.7 Å². The molecule has 2 aromatic rings. The van der Waals surface area contributed by atoms with E-state index in [9.17, 15) is 14.0 Å². The molecule has 4 aliphatic rings. The number of halogens is 1. The molecule has 0 saturated heterocycles. The molecule has 3 fully saturated rings. The molecular weight excluding hydrogens is 349 g/mol. The number of aromatic nitrogens is 2. The van der Waals surface area contributed by atoms with Crippen LogP contribution in [0.25, 0.3) is 11.3 Å². The van der Waals surface area contributed by atoms with Crippen LogP contribution in [0.15, 0.2) is 24.3 Å². The van der Waals surface area contributed by atoms with Crippen molar-refractivity contribution in [2.24, 2.45) is 11.7 Å². The second-order valence-electron chi connectivity index (χ2n) is 7.88. The summed E-state index contributed by atoms with van der Waals surface area (Å²) >= 11 is 0. The van der Waals surface area contributed by atoms with E-state index in [0.717, 1.165) is 25.2 Å². The van der Waals surface area contributed by atoms with Crippen molar-refractivity contribution in [2.75, 3.05) is 6.54 Å². The molecule has 0 spiro atoms. The molecule has 27 heavy (non-hydrogen) atoms. The summed E-state index contributed by atoms with van der Waals surface area (Å²) in [7, 11) is 0. The van der Waals surface area contributed by atoms with Crippen LogP contribution < -0.4 is 11.1 Å². The third-order valence-electron chi connectivity index (χ3n) is 6.02. The van der Waals surface area contributed by atoms with E-state index in [-0.39, 0.29) is 23.7 Å². The number of primary amides is 1. The fourth-order valence-corrected chi connectivity index (χ4v) is 4.53. The number of carbonyl (C=O) groups is 2. The zero-order chi connectivity index (χ0) is 18.8. The topological polar surface area (TPSA) is 93.2 Å². The first-order valence-electron chi connectivity index (χ1n) is 9.17. The van der Waals surface area contributed by atoms with Gasteiger partial charge in [0, 0.05) is 17.6 Å². The molecule has 2 heterocycles. The number of hydrogen-bond acceptors (Lipinski definition) is 3. The first kappa shape index (κ1) is 16.3. The average molecular weight is 369 g/mol.